The van der Waals surface area contributed by atoms with Crippen molar-refractivity contribution in [3.05, 3.63) is 40.8 Å². The summed E-state index contributed by atoms with van der Waals surface area (Å²) >= 11 is 0. The van der Waals surface area contributed by atoms with E-state index in [1.807, 2.05) is 0 Å². The number of aromatic nitrogens is 1. The number of aryl methyl sites for hydroxylation is 2. The van der Waals surface area contributed by atoms with Gasteiger partial charge in [0, 0.05) is 5.69 Å². The minimum absolute atomic E-state index is 0.0286. The van der Waals surface area contributed by atoms with Gasteiger partial charge in [0.25, 0.3) is 5.91 Å². The normalized spacial score (nSPS) is 11.4. The van der Waals surface area contributed by atoms with Crippen LogP contribution in [0.4, 0.5) is 5.69 Å². The van der Waals surface area contributed by atoms with Gasteiger partial charge in [0.15, 0.2) is 0 Å². The van der Waals surface area contributed by atoms with Crippen molar-refractivity contribution in [1.82, 2.24) is 5.16 Å². The molecule has 2 aromatic rings. The van der Waals surface area contributed by atoms with Gasteiger partial charge >= 0.3 is 0 Å². The first-order chi connectivity index (χ1) is 9.71. The Morgan fingerprint density at radius 3 is 2.48 bits per heavy atom. The van der Waals surface area contributed by atoms with E-state index in [1.54, 1.807) is 26.8 Å². The number of nitrogens with zero attached hydrogens (tertiary/aromatic N) is 1. The molecule has 0 radical (unpaired) electrons. The third kappa shape index (κ3) is 2.96. The van der Waals surface area contributed by atoms with Crippen LogP contribution >= 0.6 is 0 Å². The number of rotatable bonds is 3. The molecule has 0 aliphatic carbocycles. The second kappa shape index (κ2) is 5.30. The molecule has 0 bridgehead atoms. The fraction of sp³-hybridized carbons (Fsp3) is 0.231. The monoisotopic (exact) mass is 309 g/mol. The molecule has 112 valence electrons. The van der Waals surface area contributed by atoms with Crippen LogP contribution in [-0.2, 0) is 10.0 Å². The molecule has 0 spiro atoms. The van der Waals surface area contributed by atoms with Gasteiger partial charge in [0.2, 0.25) is 10.0 Å². The summed E-state index contributed by atoms with van der Waals surface area (Å²) in [6.07, 6.45) is 0. The largest absolute Gasteiger partial charge is 0.361 e. The topological polar surface area (TPSA) is 115 Å². The van der Waals surface area contributed by atoms with Crippen molar-refractivity contribution in [2.24, 2.45) is 5.14 Å². The zero-order valence-electron chi connectivity index (χ0n) is 11.8. The summed E-state index contributed by atoms with van der Waals surface area (Å²) in [5, 5.41) is 11.5. The number of carbonyl (C=O) groups is 1. The van der Waals surface area contributed by atoms with Gasteiger partial charge in [-0.2, -0.15) is 0 Å². The van der Waals surface area contributed by atoms with Crippen LogP contribution in [0, 0.1) is 20.8 Å². The SMILES string of the molecule is Cc1noc(C)c1C(=O)Nc1cccc(S(N)(=O)=O)c1C. The molecule has 2 rings (SSSR count). The molecule has 1 aromatic carbocycles. The summed E-state index contributed by atoms with van der Waals surface area (Å²) in [6, 6.07) is 4.49. The minimum atomic E-state index is -3.84. The fourth-order valence-corrected chi connectivity index (χ4v) is 2.86. The van der Waals surface area contributed by atoms with Crippen molar-refractivity contribution in [2.45, 2.75) is 25.7 Å². The minimum Gasteiger partial charge on any atom is -0.361 e. The maximum atomic E-state index is 12.2. The van der Waals surface area contributed by atoms with Crippen molar-refractivity contribution in [1.29, 1.82) is 0 Å². The maximum absolute atomic E-state index is 12.2. The van der Waals surface area contributed by atoms with Gasteiger partial charge in [-0.15, -0.1) is 0 Å². The Hall–Kier alpha value is -2.19. The van der Waals surface area contributed by atoms with Crippen LogP contribution in [-0.4, -0.2) is 19.5 Å². The molecule has 8 heteroatoms. The highest BCUT2D eigenvalue weighted by molar-refractivity contribution is 7.89. The van der Waals surface area contributed by atoms with Gasteiger partial charge in [-0.25, -0.2) is 13.6 Å². The number of primary sulfonamides is 1. The van der Waals surface area contributed by atoms with Crippen molar-refractivity contribution in [2.75, 3.05) is 5.32 Å². The third-order valence-electron chi connectivity index (χ3n) is 3.10. The van der Waals surface area contributed by atoms with E-state index in [1.165, 1.54) is 12.1 Å². The molecule has 21 heavy (non-hydrogen) atoms. The van der Waals surface area contributed by atoms with E-state index in [0.717, 1.165) is 0 Å². The summed E-state index contributed by atoms with van der Waals surface area (Å²) in [6.45, 7) is 4.85. The Bertz CT molecular complexity index is 789. The third-order valence-corrected chi connectivity index (χ3v) is 4.15. The van der Waals surface area contributed by atoms with E-state index < -0.39 is 15.9 Å². The number of benzene rings is 1. The Kier molecular flexibility index (Phi) is 3.84. The highest BCUT2D eigenvalue weighted by Crippen LogP contribution is 2.23. The number of hydrogen-bond donors (Lipinski definition) is 2. The van der Waals surface area contributed by atoms with Crippen molar-refractivity contribution >= 4 is 21.6 Å². The second-order valence-electron chi connectivity index (χ2n) is 4.63. The molecule has 7 nitrogen and oxygen atoms in total. The van der Waals surface area contributed by atoms with E-state index in [4.69, 9.17) is 9.66 Å². The number of sulfonamides is 1. The Balaban J connectivity index is 2.40. The molecular weight excluding hydrogens is 294 g/mol. The van der Waals surface area contributed by atoms with Crippen LogP contribution in [0.1, 0.15) is 27.4 Å². The molecule has 0 saturated heterocycles. The number of carbonyl (C=O) groups excluding carboxylic acids is 1. The zero-order chi connectivity index (χ0) is 15.8. The van der Waals surface area contributed by atoms with Crippen LogP contribution in [0.2, 0.25) is 0 Å². The first-order valence-corrected chi connectivity index (χ1v) is 7.63. The molecule has 1 heterocycles. The standard InChI is InChI=1S/C13H15N3O4S/c1-7-10(5-4-6-11(7)21(14,18)19)15-13(17)12-8(2)16-20-9(12)3/h4-6H,1-3H3,(H,15,17)(H2,14,18,19). The van der Waals surface area contributed by atoms with Gasteiger partial charge < -0.3 is 9.84 Å². The van der Waals surface area contributed by atoms with E-state index in [-0.39, 0.29) is 4.90 Å². The quantitative estimate of drug-likeness (QED) is 0.891. The second-order valence-corrected chi connectivity index (χ2v) is 6.16. The first-order valence-electron chi connectivity index (χ1n) is 6.08. The van der Waals surface area contributed by atoms with E-state index >= 15 is 0 Å². The molecule has 1 aromatic heterocycles. The number of nitrogens with two attached hydrogens (primary N) is 1. The van der Waals surface area contributed by atoms with Gasteiger partial charge in [0.05, 0.1) is 10.6 Å². The van der Waals surface area contributed by atoms with Crippen LogP contribution in [0.3, 0.4) is 0 Å². The van der Waals surface area contributed by atoms with E-state index in [2.05, 4.69) is 10.5 Å². The van der Waals surface area contributed by atoms with E-state index in [0.29, 0.717) is 28.3 Å². The highest BCUT2D eigenvalue weighted by Gasteiger charge is 2.20. The number of anilines is 1. The fourth-order valence-electron chi connectivity index (χ4n) is 2.05. The summed E-state index contributed by atoms with van der Waals surface area (Å²) in [5.74, 6) is -0.0221. The summed E-state index contributed by atoms with van der Waals surface area (Å²) in [4.78, 5) is 12.2. The summed E-state index contributed by atoms with van der Waals surface area (Å²) in [7, 11) is -3.84. The molecule has 0 atom stereocenters. The lowest BCUT2D eigenvalue weighted by molar-refractivity contribution is 0.102. The molecule has 0 aliphatic heterocycles. The summed E-state index contributed by atoms with van der Waals surface area (Å²) < 4.78 is 27.9. The van der Waals surface area contributed by atoms with Crippen molar-refractivity contribution in [3.8, 4) is 0 Å². The average molecular weight is 309 g/mol. The predicted molar refractivity (Wildman–Crippen MR) is 76.5 cm³/mol. The predicted octanol–water partition coefficient (Wildman–Crippen LogP) is 1.50. The smallest absolute Gasteiger partial charge is 0.261 e. The zero-order valence-corrected chi connectivity index (χ0v) is 12.6. The van der Waals surface area contributed by atoms with Crippen molar-refractivity contribution < 1.29 is 17.7 Å². The Labute approximate surface area is 122 Å². The summed E-state index contributed by atoms with van der Waals surface area (Å²) in [5.41, 5.74) is 1.53. The van der Waals surface area contributed by atoms with Crippen LogP contribution < -0.4 is 10.5 Å². The van der Waals surface area contributed by atoms with Gasteiger partial charge in [-0.05, 0) is 38.5 Å². The molecule has 0 saturated carbocycles. The van der Waals surface area contributed by atoms with Crippen LogP contribution in [0.25, 0.3) is 0 Å². The molecule has 0 fully saturated rings. The number of hydrogen-bond acceptors (Lipinski definition) is 5. The highest BCUT2D eigenvalue weighted by atomic mass is 32.2. The number of nitrogens with one attached hydrogen (secondary N) is 1. The van der Waals surface area contributed by atoms with Gasteiger partial charge in [-0.3, -0.25) is 4.79 Å². The maximum Gasteiger partial charge on any atom is 0.261 e. The lowest BCUT2D eigenvalue weighted by Gasteiger charge is -2.11. The van der Waals surface area contributed by atoms with E-state index in [9.17, 15) is 13.2 Å². The van der Waals surface area contributed by atoms with Gasteiger partial charge in [0.1, 0.15) is 11.3 Å². The molecule has 3 N–H and O–H groups in total. The molecule has 0 aliphatic rings. The average Bonchev–Trinajstić information content (AvgIpc) is 2.70. The number of amides is 1. The lowest BCUT2D eigenvalue weighted by Crippen LogP contribution is -2.17. The molecule has 1 amide bonds. The molecule has 0 unspecified atom stereocenters. The first kappa shape index (κ1) is 15.2. The molecular formula is C13H15N3O4S. The Morgan fingerprint density at radius 1 is 1.29 bits per heavy atom. The van der Waals surface area contributed by atoms with Gasteiger partial charge in [-0.1, -0.05) is 11.2 Å². The Morgan fingerprint density at radius 2 is 1.95 bits per heavy atom. The van der Waals surface area contributed by atoms with Crippen LogP contribution in [0.15, 0.2) is 27.6 Å². The van der Waals surface area contributed by atoms with Crippen molar-refractivity contribution in [3.63, 3.8) is 0 Å². The van der Waals surface area contributed by atoms with Crippen LogP contribution in [0.5, 0.6) is 0 Å². The lowest BCUT2D eigenvalue weighted by atomic mass is 10.1.